The molecular formula is C10H17N4. The summed E-state index contributed by atoms with van der Waals surface area (Å²) in [6.45, 7) is 7.88. The third-order valence-electron chi connectivity index (χ3n) is 2.67. The Balaban J connectivity index is 1.71. The molecule has 0 atom stereocenters. The number of nitrogens with zero attached hydrogens (tertiary/aromatic N) is 4. The zero-order valence-electron chi connectivity index (χ0n) is 8.63. The van der Waals surface area contributed by atoms with Gasteiger partial charge in [-0.3, -0.25) is 4.90 Å². The summed E-state index contributed by atoms with van der Waals surface area (Å²) < 4.78 is 2.01. The fourth-order valence-corrected chi connectivity index (χ4v) is 1.62. The van der Waals surface area contributed by atoms with Crippen LogP contribution in [0.25, 0.3) is 0 Å². The largest absolute Gasteiger partial charge is 0.331 e. The first kappa shape index (κ1) is 9.68. The van der Waals surface area contributed by atoms with E-state index in [0.29, 0.717) is 0 Å². The van der Waals surface area contributed by atoms with Gasteiger partial charge in [-0.25, -0.2) is 4.98 Å². The highest BCUT2D eigenvalue weighted by Crippen LogP contribution is 2.00. The second kappa shape index (κ2) is 4.57. The van der Waals surface area contributed by atoms with Gasteiger partial charge in [0.2, 0.25) is 0 Å². The van der Waals surface area contributed by atoms with Crippen molar-refractivity contribution < 1.29 is 0 Å². The molecule has 1 aromatic heterocycles. The molecule has 2 heterocycles. The van der Waals surface area contributed by atoms with Crippen LogP contribution in [0.4, 0.5) is 0 Å². The van der Waals surface area contributed by atoms with E-state index < -0.39 is 0 Å². The van der Waals surface area contributed by atoms with E-state index in [0.717, 1.165) is 6.54 Å². The Kier molecular flexibility index (Phi) is 3.16. The van der Waals surface area contributed by atoms with Crippen LogP contribution in [-0.4, -0.2) is 59.1 Å². The van der Waals surface area contributed by atoms with Gasteiger partial charge >= 0.3 is 0 Å². The molecule has 1 aliphatic heterocycles. The summed E-state index contributed by atoms with van der Waals surface area (Å²) >= 11 is 0. The lowest BCUT2D eigenvalue weighted by Gasteiger charge is -2.32. The topological polar surface area (TPSA) is 24.3 Å². The van der Waals surface area contributed by atoms with Gasteiger partial charge in [0.05, 0.1) is 12.9 Å². The smallest absolute Gasteiger partial charge is 0.0949 e. The van der Waals surface area contributed by atoms with Crippen molar-refractivity contribution in [3.05, 3.63) is 25.3 Å². The highest BCUT2D eigenvalue weighted by atomic mass is 15.3. The Labute approximate surface area is 85.1 Å². The van der Waals surface area contributed by atoms with E-state index in [9.17, 15) is 0 Å². The molecule has 1 radical (unpaired) electrons. The number of rotatable bonds is 3. The minimum absolute atomic E-state index is 1.02. The molecule has 0 N–H and O–H groups in total. The van der Waals surface area contributed by atoms with E-state index in [1.807, 2.05) is 17.1 Å². The van der Waals surface area contributed by atoms with Crippen molar-refractivity contribution in [2.75, 3.05) is 39.8 Å². The van der Waals surface area contributed by atoms with E-state index in [4.69, 9.17) is 0 Å². The van der Waals surface area contributed by atoms with Crippen LogP contribution in [0.2, 0.25) is 0 Å². The van der Waals surface area contributed by atoms with E-state index in [-0.39, 0.29) is 0 Å². The third-order valence-corrected chi connectivity index (χ3v) is 2.67. The summed E-state index contributed by atoms with van der Waals surface area (Å²) in [4.78, 5) is 8.83. The van der Waals surface area contributed by atoms with E-state index in [1.165, 1.54) is 26.2 Å². The number of imidazole rings is 1. The van der Waals surface area contributed by atoms with Crippen molar-refractivity contribution in [2.45, 2.75) is 0 Å². The van der Waals surface area contributed by atoms with Gasteiger partial charge in [0.25, 0.3) is 0 Å². The van der Waals surface area contributed by atoms with E-state index >= 15 is 0 Å². The Morgan fingerprint density at radius 1 is 1.29 bits per heavy atom. The normalized spacial score (nSPS) is 20.1. The molecule has 77 valence electrons. The van der Waals surface area contributed by atoms with Gasteiger partial charge in [0.1, 0.15) is 0 Å². The highest BCUT2D eigenvalue weighted by molar-refractivity contribution is 4.85. The molecule has 1 aliphatic rings. The average molecular weight is 193 g/mol. The maximum atomic E-state index is 4.00. The molecule has 4 nitrogen and oxygen atoms in total. The van der Waals surface area contributed by atoms with E-state index in [2.05, 4.69) is 28.4 Å². The van der Waals surface area contributed by atoms with Crippen LogP contribution in [0.15, 0.2) is 18.7 Å². The fourth-order valence-electron chi connectivity index (χ4n) is 1.62. The van der Waals surface area contributed by atoms with Gasteiger partial charge in [0.15, 0.2) is 0 Å². The molecule has 4 heteroatoms. The predicted octanol–water partition coefficient (Wildman–Crippen LogP) is 0.140. The first-order valence-electron chi connectivity index (χ1n) is 5.06. The fraction of sp³-hybridized carbons (Fsp3) is 0.600. The lowest BCUT2D eigenvalue weighted by atomic mass is 10.3. The zero-order valence-corrected chi connectivity index (χ0v) is 8.63. The second-order valence-corrected chi connectivity index (χ2v) is 3.80. The minimum Gasteiger partial charge on any atom is -0.331 e. The zero-order chi connectivity index (χ0) is 9.80. The van der Waals surface area contributed by atoms with Gasteiger partial charge in [-0.1, -0.05) is 0 Å². The SMILES string of the molecule is CN1CCN(C[CH]n2ccnc2)CC1. The van der Waals surface area contributed by atoms with Crippen LogP contribution < -0.4 is 0 Å². The summed E-state index contributed by atoms with van der Waals surface area (Å²) in [7, 11) is 2.18. The number of piperazine rings is 1. The number of hydrogen-bond acceptors (Lipinski definition) is 3. The van der Waals surface area contributed by atoms with Crippen LogP contribution in [0.3, 0.4) is 0 Å². The monoisotopic (exact) mass is 193 g/mol. The molecule has 0 saturated carbocycles. The highest BCUT2D eigenvalue weighted by Gasteiger charge is 2.12. The molecule has 2 rings (SSSR count). The van der Waals surface area contributed by atoms with Gasteiger partial charge in [0, 0.05) is 45.1 Å². The van der Waals surface area contributed by atoms with Crippen molar-refractivity contribution in [3.63, 3.8) is 0 Å². The molecule has 1 aromatic rings. The number of aromatic nitrogens is 2. The van der Waals surface area contributed by atoms with Gasteiger partial charge < -0.3 is 9.47 Å². The quantitative estimate of drug-likeness (QED) is 0.682. The van der Waals surface area contributed by atoms with Crippen LogP contribution >= 0.6 is 0 Å². The molecular weight excluding hydrogens is 176 g/mol. The summed E-state index contributed by atoms with van der Waals surface area (Å²) in [6, 6.07) is 0. The Hall–Kier alpha value is -0.870. The average Bonchev–Trinajstić information content (AvgIpc) is 2.70. The van der Waals surface area contributed by atoms with Crippen LogP contribution in [0.5, 0.6) is 0 Å². The van der Waals surface area contributed by atoms with Gasteiger partial charge in [-0.15, -0.1) is 0 Å². The lowest BCUT2D eigenvalue weighted by molar-refractivity contribution is 0.161. The van der Waals surface area contributed by atoms with Crippen LogP contribution in [0, 0.1) is 6.54 Å². The van der Waals surface area contributed by atoms with Crippen molar-refractivity contribution in [1.29, 1.82) is 0 Å². The van der Waals surface area contributed by atoms with Gasteiger partial charge in [-0.2, -0.15) is 0 Å². The van der Waals surface area contributed by atoms with Crippen molar-refractivity contribution in [2.24, 2.45) is 0 Å². The molecule has 0 aromatic carbocycles. The Morgan fingerprint density at radius 3 is 2.71 bits per heavy atom. The summed E-state index contributed by atoms with van der Waals surface area (Å²) in [5, 5.41) is 0. The molecule has 0 aliphatic carbocycles. The maximum absolute atomic E-state index is 4.00. The van der Waals surface area contributed by atoms with Crippen molar-refractivity contribution >= 4 is 0 Å². The maximum Gasteiger partial charge on any atom is 0.0949 e. The second-order valence-electron chi connectivity index (χ2n) is 3.80. The molecule has 0 spiro atoms. The predicted molar refractivity (Wildman–Crippen MR) is 55.9 cm³/mol. The minimum atomic E-state index is 1.02. The first-order chi connectivity index (χ1) is 6.84. The Bertz CT molecular complexity index is 249. The lowest BCUT2D eigenvalue weighted by Crippen LogP contribution is -2.45. The molecule has 0 amide bonds. The first-order valence-corrected chi connectivity index (χ1v) is 5.06. The Morgan fingerprint density at radius 2 is 2.07 bits per heavy atom. The molecule has 0 bridgehead atoms. The van der Waals surface area contributed by atoms with Crippen LogP contribution in [-0.2, 0) is 0 Å². The number of likely N-dealkylation sites (N-methyl/N-ethyl adjacent to an activating group) is 1. The molecule has 1 saturated heterocycles. The van der Waals surface area contributed by atoms with Gasteiger partial charge in [-0.05, 0) is 7.05 Å². The van der Waals surface area contributed by atoms with E-state index in [1.54, 1.807) is 6.20 Å². The third kappa shape index (κ3) is 2.56. The summed E-state index contributed by atoms with van der Waals surface area (Å²) in [5.74, 6) is 0. The summed E-state index contributed by atoms with van der Waals surface area (Å²) in [5.41, 5.74) is 0. The number of hydrogen-bond donors (Lipinski definition) is 0. The standard InChI is InChI=1S/C10H17N4/c1-12-4-6-13(7-5-12)8-9-14-3-2-11-10-14/h2-3,9-10H,4-8H2,1H3. The van der Waals surface area contributed by atoms with Crippen LogP contribution in [0.1, 0.15) is 0 Å². The molecule has 14 heavy (non-hydrogen) atoms. The summed E-state index contributed by atoms with van der Waals surface area (Å²) in [6.07, 6.45) is 5.60. The van der Waals surface area contributed by atoms with Crippen molar-refractivity contribution in [3.8, 4) is 0 Å². The van der Waals surface area contributed by atoms with Crippen molar-refractivity contribution in [1.82, 2.24) is 19.4 Å². The molecule has 0 unspecified atom stereocenters. The molecule has 1 fully saturated rings.